The van der Waals surface area contributed by atoms with E-state index in [0.29, 0.717) is 21.8 Å². The highest BCUT2D eigenvalue weighted by Gasteiger charge is 2.21. The molecule has 3 rings (SSSR count). The van der Waals surface area contributed by atoms with Crippen molar-refractivity contribution in [2.45, 2.75) is 6.92 Å². The number of thiazole rings is 1. The highest BCUT2D eigenvalue weighted by molar-refractivity contribution is 7.13. The van der Waals surface area contributed by atoms with Gasteiger partial charge in [-0.05, 0) is 24.6 Å². The summed E-state index contributed by atoms with van der Waals surface area (Å²) in [6.45, 7) is 1.98. The molecule has 0 unspecified atom stereocenters. The number of aromatic nitrogens is 3. The number of carbonyl (C=O) groups is 1. The fraction of sp³-hybridized carbons (Fsp3) is 0.188. The van der Waals surface area contributed by atoms with E-state index in [1.165, 1.54) is 40.3 Å². The fourth-order valence-electron chi connectivity index (χ4n) is 2.36. The molecule has 0 saturated carbocycles. The zero-order chi connectivity index (χ0) is 17.3. The van der Waals surface area contributed by atoms with Crippen LogP contribution in [0.15, 0.2) is 34.4 Å². The van der Waals surface area contributed by atoms with Gasteiger partial charge in [-0.15, -0.1) is 11.3 Å². The van der Waals surface area contributed by atoms with E-state index in [1.54, 1.807) is 19.4 Å². The minimum atomic E-state index is -0.510. The summed E-state index contributed by atoms with van der Waals surface area (Å²) in [5, 5.41) is 4.75. The Morgan fingerprint density at radius 1 is 1.38 bits per heavy atom. The summed E-state index contributed by atoms with van der Waals surface area (Å²) in [4.78, 5) is 28.3. The second-order valence-corrected chi connectivity index (χ2v) is 5.85. The van der Waals surface area contributed by atoms with Crippen molar-refractivity contribution in [3.63, 3.8) is 0 Å². The van der Waals surface area contributed by atoms with Crippen LogP contribution in [-0.2, 0) is 11.8 Å². The van der Waals surface area contributed by atoms with E-state index in [2.05, 4.69) is 10.1 Å². The second kappa shape index (κ2) is 6.40. The van der Waals surface area contributed by atoms with Crippen LogP contribution in [0, 0.1) is 5.82 Å². The summed E-state index contributed by atoms with van der Waals surface area (Å²) in [5.41, 5.74) is 1.36. The molecule has 1 N–H and O–H groups in total. The zero-order valence-electron chi connectivity index (χ0n) is 13.0. The van der Waals surface area contributed by atoms with Crippen molar-refractivity contribution < 1.29 is 13.9 Å². The van der Waals surface area contributed by atoms with Gasteiger partial charge >= 0.3 is 5.97 Å². The molecule has 0 aliphatic rings. The molecular formula is C16H14FN3O3S. The number of aryl methyl sites for hydroxylation is 1. The first kappa shape index (κ1) is 16.1. The number of nitrogens with zero attached hydrogens (tertiary/aromatic N) is 2. The monoisotopic (exact) mass is 347 g/mol. The molecule has 0 aliphatic heterocycles. The van der Waals surface area contributed by atoms with Gasteiger partial charge in [0.1, 0.15) is 16.5 Å². The summed E-state index contributed by atoms with van der Waals surface area (Å²) in [6, 6.07) is 5.64. The predicted molar refractivity (Wildman–Crippen MR) is 88.5 cm³/mol. The average Bonchev–Trinajstić information content (AvgIpc) is 3.13. The molecule has 24 heavy (non-hydrogen) atoms. The van der Waals surface area contributed by atoms with Gasteiger partial charge in [-0.3, -0.25) is 14.6 Å². The van der Waals surface area contributed by atoms with E-state index < -0.39 is 5.97 Å². The summed E-state index contributed by atoms with van der Waals surface area (Å²) in [5.74, 6) is -0.893. The van der Waals surface area contributed by atoms with Gasteiger partial charge in [0.05, 0.1) is 12.2 Å². The van der Waals surface area contributed by atoms with Crippen molar-refractivity contribution >= 4 is 17.3 Å². The standard InChI is InChI=1S/C16H14FN3O3S/c1-3-23-16(22)11-8-24-15(18-11)13-12(14(21)19-20(13)2)9-4-6-10(17)7-5-9/h4-8H,3H2,1-2H3,(H,19,21). The van der Waals surface area contributed by atoms with E-state index in [-0.39, 0.29) is 23.7 Å². The number of halogens is 1. The molecule has 2 aromatic heterocycles. The highest BCUT2D eigenvalue weighted by atomic mass is 32.1. The van der Waals surface area contributed by atoms with Crippen molar-refractivity contribution in [1.29, 1.82) is 0 Å². The molecule has 0 saturated heterocycles. The maximum absolute atomic E-state index is 13.1. The predicted octanol–water partition coefficient (Wildman–Crippen LogP) is 2.82. The lowest BCUT2D eigenvalue weighted by Gasteiger charge is -2.03. The summed E-state index contributed by atoms with van der Waals surface area (Å²) >= 11 is 1.23. The Hall–Kier alpha value is -2.74. The number of ether oxygens (including phenoxy) is 1. The lowest BCUT2D eigenvalue weighted by atomic mass is 10.1. The number of nitrogens with one attached hydrogen (secondary N) is 1. The van der Waals surface area contributed by atoms with E-state index in [0.717, 1.165) is 0 Å². The SMILES string of the molecule is CCOC(=O)c1csc(-c2c(-c3ccc(F)cc3)c(=O)[nH]n2C)n1. The first-order chi connectivity index (χ1) is 11.5. The van der Waals surface area contributed by atoms with E-state index in [4.69, 9.17) is 4.74 Å². The molecule has 2 heterocycles. The number of H-pyrrole nitrogens is 1. The normalized spacial score (nSPS) is 10.8. The van der Waals surface area contributed by atoms with Gasteiger partial charge in [-0.25, -0.2) is 14.2 Å². The van der Waals surface area contributed by atoms with E-state index in [9.17, 15) is 14.0 Å². The lowest BCUT2D eigenvalue weighted by molar-refractivity contribution is 0.0520. The largest absolute Gasteiger partial charge is 0.461 e. The van der Waals surface area contributed by atoms with Crippen LogP contribution in [0.3, 0.4) is 0 Å². The lowest BCUT2D eigenvalue weighted by Crippen LogP contribution is -2.05. The summed E-state index contributed by atoms with van der Waals surface area (Å²) in [6.07, 6.45) is 0. The number of benzene rings is 1. The topological polar surface area (TPSA) is 77.0 Å². The second-order valence-electron chi connectivity index (χ2n) is 4.99. The van der Waals surface area contributed by atoms with Crippen LogP contribution in [0.4, 0.5) is 4.39 Å². The number of carbonyl (C=O) groups excluding carboxylic acids is 1. The van der Waals surface area contributed by atoms with E-state index >= 15 is 0 Å². The molecular weight excluding hydrogens is 333 g/mol. The third-order valence-corrected chi connectivity index (χ3v) is 4.24. The van der Waals surface area contributed by atoms with Crippen LogP contribution in [-0.4, -0.2) is 27.3 Å². The van der Waals surface area contributed by atoms with Gasteiger partial charge in [0, 0.05) is 12.4 Å². The van der Waals surface area contributed by atoms with Gasteiger partial charge in [-0.2, -0.15) is 0 Å². The molecule has 0 spiro atoms. The van der Waals surface area contributed by atoms with Crippen molar-refractivity contribution in [2.75, 3.05) is 6.61 Å². The zero-order valence-corrected chi connectivity index (χ0v) is 13.8. The Morgan fingerprint density at radius 3 is 2.75 bits per heavy atom. The maximum Gasteiger partial charge on any atom is 0.357 e. The third-order valence-electron chi connectivity index (χ3n) is 3.39. The van der Waals surface area contributed by atoms with Crippen LogP contribution in [0.1, 0.15) is 17.4 Å². The number of aromatic amines is 1. The first-order valence-electron chi connectivity index (χ1n) is 7.19. The van der Waals surface area contributed by atoms with Crippen molar-refractivity contribution in [3.05, 3.63) is 51.5 Å². The Balaban J connectivity index is 2.10. The van der Waals surface area contributed by atoms with Gasteiger partial charge < -0.3 is 4.74 Å². The molecule has 1 aromatic carbocycles. The Kier molecular flexibility index (Phi) is 4.30. The molecule has 0 amide bonds. The van der Waals surface area contributed by atoms with Gasteiger partial charge in [0.25, 0.3) is 5.56 Å². The number of rotatable bonds is 4. The van der Waals surface area contributed by atoms with E-state index in [1.807, 2.05) is 0 Å². The summed E-state index contributed by atoms with van der Waals surface area (Å²) in [7, 11) is 1.68. The summed E-state index contributed by atoms with van der Waals surface area (Å²) < 4.78 is 19.6. The van der Waals surface area contributed by atoms with Crippen molar-refractivity contribution in [2.24, 2.45) is 7.05 Å². The highest BCUT2D eigenvalue weighted by Crippen LogP contribution is 2.31. The Bertz CT molecular complexity index is 940. The van der Waals surface area contributed by atoms with Crippen LogP contribution in [0.2, 0.25) is 0 Å². The first-order valence-corrected chi connectivity index (χ1v) is 8.07. The van der Waals surface area contributed by atoms with Gasteiger partial charge in [0.2, 0.25) is 0 Å². The maximum atomic E-state index is 13.1. The van der Waals surface area contributed by atoms with Crippen molar-refractivity contribution in [1.82, 2.24) is 14.8 Å². The quantitative estimate of drug-likeness (QED) is 0.736. The van der Waals surface area contributed by atoms with Crippen LogP contribution in [0.5, 0.6) is 0 Å². The number of esters is 1. The van der Waals surface area contributed by atoms with Gasteiger partial charge in [0.15, 0.2) is 5.69 Å². The molecule has 0 aliphatic carbocycles. The van der Waals surface area contributed by atoms with Crippen LogP contribution in [0.25, 0.3) is 21.8 Å². The number of hydrogen-bond acceptors (Lipinski definition) is 5. The minimum absolute atomic E-state index is 0.190. The molecule has 3 aromatic rings. The molecule has 0 bridgehead atoms. The molecule has 124 valence electrons. The molecule has 8 heteroatoms. The fourth-order valence-corrected chi connectivity index (χ4v) is 3.23. The molecule has 0 fully saturated rings. The van der Waals surface area contributed by atoms with Crippen molar-refractivity contribution in [3.8, 4) is 21.8 Å². The number of hydrogen-bond donors (Lipinski definition) is 1. The third kappa shape index (κ3) is 2.88. The van der Waals surface area contributed by atoms with Gasteiger partial charge in [-0.1, -0.05) is 12.1 Å². The Labute approximate surface area is 140 Å². The molecule has 6 nitrogen and oxygen atoms in total. The smallest absolute Gasteiger partial charge is 0.357 e. The van der Waals surface area contributed by atoms with Crippen LogP contribution >= 0.6 is 11.3 Å². The average molecular weight is 347 g/mol. The Morgan fingerprint density at radius 2 is 2.08 bits per heavy atom. The van der Waals surface area contributed by atoms with Crippen LogP contribution < -0.4 is 5.56 Å². The molecule has 0 atom stereocenters. The molecule has 0 radical (unpaired) electrons. The minimum Gasteiger partial charge on any atom is -0.461 e.